The molecule has 0 fully saturated rings. The molecule has 50 valence electrons. The monoisotopic (exact) mass is 196 g/mol. The predicted octanol–water partition coefficient (Wildman–Crippen LogP) is 2.02. The Hall–Kier alpha value is -0.880. The van der Waals surface area contributed by atoms with Crippen molar-refractivity contribution in [3.8, 4) is 6.07 Å². The summed E-state index contributed by atoms with van der Waals surface area (Å²) in [7, 11) is 0. The number of pyridine rings is 1. The first-order valence-corrected chi connectivity index (χ1v) is 3.56. The van der Waals surface area contributed by atoms with Crippen LogP contribution < -0.4 is 0 Å². The third-order valence-corrected chi connectivity index (χ3v) is 1.95. The summed E-state index contributed by atoms with van der Waals surface area (Å²) >= 11 is 3.22. The van der Waals surface area contributed by atoms with Crippen LogP contribution in [0, 0.1) is 18.3 Å². The second-order valence-corrected chi connectivity index (χ2v) is 2.67. The van der Waals surface area contributed by atoms with Crippen molar-refractivity contribution in [1.82, 2.24) is 4.98 Å². The molecule has 0 aliphatic rings. The molecule has 0 N–H and O–H groups in total. The summed E-state index contributed by atoms with van der Waals surface area (Å²) in [5.74, 6) is 0. The number of nitriles is 1. The van der Waals surface area contributed by atoms with Crippen molar-refractivity contribution in [1.29, 1.82) is 5.26 Å². The van der Waals surface area contributed by atoms with E-state index in [9.17, 15) is 0 Å². The van der Waals surface area contributed by atoms with Crippen LogP contribution in [0.5, 0.6) is 0 Å². The number of rotatable bonds is 0. The summed E-state index contributed by atoms with van der Waals surface area (Å²) in [6.45, 7) is 1.93. The number of halogens is 1. The fourth-order valence-corrected chi connectivity index (χ4v) is 0.889. The minimum atomic E-state index is 0.442. The van der Waals surface area contributed by atoms with Gasteiger partial charge in [0, 0.05) is 0 Å². The summed E-state index contributed by atoms with van der Waals surface area (Å²) in [6.07, 6.45) is 0. The molecule has 3 heteroatoms. The second-order valence-electron chi connectivity index (χ2n) is 1.92. The highest BCUT2D eigenvalue weighted by molar-refractivity contribution is 9.10. The molecule has 0 amide bonds. The molecule has 1 aromatic rings. The van der Waals surface area contributed by atoms with Crippen molar-refractivity contribution in [2.24, 2.45) is 0 Å². The lowest BCUT2D eigenvalue weighted by molar-refractivity contribution is 1.18. The zero-order valence-corrected chi connectivity index (χ0v) is 7.01. The number of hydrogen-bond donors (Lipinski definition) is 0. The Balaban J connectivity index is 3.20. The van der Waals surface area contributed by atoms with Gasteiger partial charge < -0.3 is 0 Å². The summed E-state index contributed by atoms with van der Waals surface area (Å²) in [5, 5.41) is 8.42. The molecular weight excluding hydrogens is 192 g/mol. The van der Waals surface area contributed by atoms with Crippen LogP contribution in [0.25, 0.3) is 0 Å². The van der Waals surface area contributed by atoms with Gasteiger partial charge in [0.2, 0.25) is 0 Å². The lowest BCUT2D eigenvalue weighted by Gasteiger charge is -1.94. The average Bonchev–Trinajstić information content (AvgIpc) is 1.95. The Morgan fingerprint density at radius 3 is 2.80 bits per heavy atom. The van der Waals surface area contributed by atoms with Crippen molar-refractivity contribution in [3.05, 3.63) is 28.0 Å². The van der Waals surface area contributed by atoms with Crippen molar-refractivity contribution in [2.75, 3.05) is 0 Å². The van der Waals surface area contributed by atoms with Crippen LogP contribution in [0.2, 0.25) is 0 Å². The molecule has 2 nitrogen and oxygen atoms in total. The molecule has 0 atom stereocenters. The molecular formula is C7H5BrN2. The zero-order valence-electron chi connectivity index (χ0n) is 5.43. The number of hydrogen-bond acceptors (Lipinski definition) is 2. The molecule has 0 saturated carbocycles. The van der Waals surface area contributed by atoms with E-state index in [0.717, 1.165) is 10.2 Å². The van der Waals surface area contributed by atoms with Crippen LogP contribution in [0.1, 0.15) is 11.3 Å². The van der Waals surface area contributed by atoms with Crippen molar-refractivity contribution in [3.63, 3.8) is 0 Å². The van der Waals surface area contributed by atoms with Gasteiger partial charge >= 0.3 is 0 Å². The van der Waals surface area contributed by atoms with Gasteiger partial charge in [-0.3, -0.25) is 0 Å². The standard InChI is InChI=1S/C7H5BrN2/c1-5-2-3-6(4-9)10-7(5)8/h2-3H,1H3. The van der Waals surface area contributed by atoms with E-state index >= 15 is 0 Å². The van der Waals surface area contributed by atoms with E-state index < -0.39 is 0 Å². The lowest BCUT2D eigenvalue weighted by atomic mass is 10.3. The Bertz CT molecular complexity index is 288. The molecule has 0 spiro atoms. The third-order valence-electron chi connectivity index (χ3n) is 1.15. The topological polar surface area (TPSA) is 36.7 Å². The van der Waals surface area contributed by atoms with Crippen molar-refractivity contribution < 1.29 is 0 Å². The first-order valence-electron chi connectivity index (χ1n) is 2.77. The maximum Gasteiger partial charge on any atom is 0.141 e. The molecule has 10 heavy (non-hydrogen) atoms. The van der Waals surface area contributed by atoms with E-state index in [4.69, 9.17) is 5.26 Å². The van der Waals surface area contributed by atoms with E-state index in [2.05, 4.69) is 20.9 Å². The van der Waals surface area contributed by atoms with Crippen LogP contribution in [0.3, 0.4) is 0 Å². The molecule has 0 bridgehead atoms. The first kappa shape index (κ1) is 7.23. The molecule has 1 rings (SSSR count). The number of aromatic nitrogens is 1. The normalized spacial score (nSPS) is 8.90. The maximum atomic E-state index is 8.42. The highest BCUT2D eigenvalue weighted by Crippen LogP contribution is 2.12. The van der Waals surface area contributed by atoms with Crippen molar-refractivity contribution >= 4 is 15.9 Å². The average molecular weight is 197 g/mol. The minimum Gasteiger partial charge on any atom is -0.230 e. The lowest BCUT2D eigenvalue weighted by Crippen LogP contribution is -1.84. The number of nitrogens with zero attached hydrogens (tertiary/aromatic N) is 2. The van der Waals surface area contributed by atoms with Gasteiger partial charge in [-0.05, 0) is 34.5 Å². The van der Waals surface area contributed by atoms with Crippen LogP contribution >= 0.6 is 15.9 Å². The van der Waals surface area contributed by atoms with Gasteiger partial charge in [0.15, 0.2) is 0 Å². The van der Waals surface area contributed by atoms with E-state index in [0.29, 0.717) is 5.69 Å². The van der Waals surface area contributed by atoms with Gasteiger partial charge in [-0.25, -0.2) is 4.98 Å². The fourth-order valence-electron chi connectivity index (χ4n) is 0.566. The Morgan fingerprint density at radius 1 is 1.60 bits per heavy atom. The largest absolute Gasteiger partial charge is 0.230 e. The molecule has 0 aliphatic heterocycles. The van der Waals surface area contributed by atoms with E-state index in [1.807, 2.05) is 19.1 Å². The summed E-state index contributed by atoms with van der Waals surface area (Å²) in [5.41, 5.74) is 1.48. The van der Waals surface area contributed by atoms with Crippen molar-refractivity contribution in [2.45, 2.75) is 6.92 Å². The van der Waals surface area contributed by atoms with Gasteiger partial charge in [-0.2, -0.15) is 5.26 Å². The zero-order chi connectivity index (χ0) is 7.56. The van der Waals surface area contributed by atoms with Gasteiger partial charge in [0.05, 0.1) is 0 Å². The highest BCUT2D eigenvalue weighted by Gasteiger charge is 1.95. The quantitative estimate of drug-likeness (QED) is 0.596. The molecule has 0 aromatic carbocycles. The third kappa shape index (κ3) is 1.34. The highest BCUT2D eigenvalue weighted by atomic mass is 79.9. The molecule has 0 unspecified atom stereocenters. The van der Waals surface area contributed by atoms with Gasteiger partial charge in [-0.1, -0.05) is 6.07 Å². The van der Waals surface area contributed by atoms with Crippen LogP contribution in [0.15, 0.2) is 16.7 Å². The molecule has 0 saturated heterocycles. The van der Waals surface area contributed by atoms with Crippen LogP contribution in [0.4, 0.5) is 0 Å². The summed E-state index contributed by atoms with van der Waals surface area (Å²) in [4.78, 5) is 3.95. The fraction of sp³-hybridized carbons (Fsp3) is 0.143. The van der Waals surface area contributed by atoms with E-state index in [1.54, 1.807) is 6.07 Å². The van der Waals surface area contributed by atoms with Gasteiger partial charge in [0.25, 0.3) is 0 Å². The molecule has 1 aromatic heterocycles. The molecule has 0 aliphatic carbocycles. The smallest absolute Gasteiger partial charge is 0.141 e. The Morgan fingerprint density at radius 2 is 2.30 bits per heavy atom. The summed E-state index contributed by atoms with van der Waals surface area (Å²) < 4.78 is 0.742. The molecule has 0 radical (unpaired) electrons. The van der Waals surface area contributed by atoms with Gasteiger partial charge in [-0.15, -0.1) is 0 Å². The van der Waals surface area contributed by atoms with E-state index in [1.165, 1.54) is 0 Å². The van der Waals surface area contributed by atoms with E-state index in [-0.39, 0.29) is 0 Å². The number of aryl methyl sites for hydroxylation is 1. The molecule has 1 heterocycles. The van der Waals surface area contributed by atoms with Crippen LogP contribution in [-0.4, -0.2) is 4.98 Å². The Labute approximate surface area is 67.6 Å². The second kappa shape index (κ2) is 2.80. The first-order chi connectivity index (χ1) is 4.74. The van der Waals surface area contributed by atoms with Gasteiger partial charge in [0.1, 0.15) is 16.4 Å². The predicted molar refractivity (Wildman–Crippen MR) is 41.4 cm³/mol. The minimum absolute atomic E-state index is 0.442. The summed E-state index contributed by atoms with van der Waals surface area (Å²) in [6, 6.07) is 5.51. The van der Waals surface area contributed by atoms with Crippen LogP contribution in [-0.2, 0) is 0 Å². The SMILES string of the molecule is Cc1ccc(C#N)nc1Br. The maximum absolute atomic E-state index is 8.42. The Kier molecular flexibility index (Phi) is 2.03.